The molecule has 0 bridgehead atoms. The van der Waals surface area contributed by atoms with Crippen molar-refractivity contribution in [3.63, 3.8) is 0 Å². The van der Waals surface area contributed by atoms with Crippen LogP contribution < -0.4 is 0 Å². The number of carbonyl (C=O) groups is 1. The minimum atomic E-state index is 0.115. The summed E-state index contributed by atoms with van der Waals surface area (Å²) in [6.07, 6.45) is 1.69. The summed E-state index contributed by atoms with van der Waals surface area (Å²) in [4.78, 5) is 17.5. The van der Waals surface area contributed by atoms with E-state index in [9.17, 15) is 4.79 Å². The van der Waals surface area contributed by atoms with Crippen LogP contribution in [0.3, 0.4) is 0 Å². The van der Waals surface area contributed by atoms with Gasteiger partial charge in [0.1, 0.15) is 4.88 Å². The molecule has 110 valence electrons. The molecule has 1 aliphatic rings. The van der Waals surface area contributed by atoms with Gasteiger partial charge in [0.15, 0.2) is 0 Å². The molecule has 2 heterocycles. The van der Waals surface area contributed by atoms with Gasteiger partial charge in [-0.2, -0.15) is 0 Å². The number of benzene rings is 1. The largest absolute Gasteiger partial charge is 0.335 e. The molecular weight excluding hydrogens is 282 g/mol. The Labute approximate surface area is 129 Å². The minimum Gasteiger partial charge on any atom is -0.335 e. The lowest BCUT2D eigenvalue weighted by atomic mass is 10.1. The Hall–Kier alpha value is -1.72. The summed E-state index contributed by atoms with van der Waals surface area (Å²) in [6.45, 7) is 5.62. The maximum Gasteiger partial charge on any atom is 0.265 e. The van der Waals surface area contributed by atoms with Gasteiger partial charge in [0.05, 0.1) is 0 Å². The molecule has 0 N–H and O–H groups in total. The van der Waals surface area contributed by atoms with Crippen molar-refractivity contribution in [1.82, 2.24) is 14.2 Å². The molecule has 1 saturated heterocycles. The molecule has 0 radical (unpaired) electrons. The minimum absolute atomic E-state index is 0.115. The van der Waals surface area contributed by atoms with Gasteiger partial charge < -0.3 is 4.90 Å². The van der Waals surface area contributed by atoms with Crippen LogP contribution in [0.1, 0.15) is 22.2 Å². The van der Waals surface area contributed by atoms with E-state index in [1.165, 1.54) is 17.1 Å². The Morgan fingerprint density at radius 1 is 1.29 bits per heavy atom. The quantitative estimate of drug-likeness (QED) is 0.874. The first-order valence-corrected chi connectivity index (χ1v) is 7.99. The fourth-order valence-corrected chi connectivity index (χ4v) is 3.28. The van der Waals surface area contributed by atoms with Gasteiger partial charge in [-0.05, 0) is 30.1 Å². The van der Waals surface area contributed by atoms with E-state index in [-0.39, 0.29) is 5.91 Å². The molecule has 0 aliphatic carbocycles. The van der Waals surface area contributed by atoms with E-state index >= 15 is 0 Å². The predicted octanol–water partition coefficient (Wildman–Crippen LogP) is 2.49. The van der Waals surface area contributed by atoms with Crippen LogP contribution in [0.2, 0.25) is 0 Å². The van der Waals surface area contributed by atoms with Crippen molar-refractivity contribution in [3.05, 3.63) is 53.0 Å². The van der Waals surface area contributed by atoms with Gasteiger partial charge in [0.2, 0.25) is 0 Å². The molecule has 21 heavy (non-hydrogen) atoms. The van der Waals surface area contributed by atoms with Crippen molar-refractivity contribution >= 4 is 17.4 Å². The van der Waals surface area contributed by atoms with Crippen molar-refractivity contribution in [1.29, 1.82) is 0 Å². The SMILES string of the molecule is CC1CN(C(=O)c2ccns2)CCN1Cc1ccccc1. The Kier molecular flexibility index (Phi) is 4.31. The molecule has 1 aromatic heterocycles. The number of amides is 1. The van der Waals surface area contributed by atoms with Crippen molar-refractivity contribution in [3.8, 4) is 0 Å². The van der Waals surface area contributed by atoms with Gasteiger partial charge >= 0.3 is 0 Å². The van der Waals surface area contributed by atoms with Crippen LogP contribution in [0.15, 0.2) is 42.6 Å². The van der Waals surface area contributed by atoms with Gasteiger partial charge in [0.25, 0.3) is 5.91 Å². The summed E-state index contributed by atoms with van der Waals surface area (Å²) in [5.74, 6) is 0.115. The average Bonchev–Trinajstić information content (AvgIpc) is 3.04. The molecule has 1 unspecified atom stereocenters. The van der Waals surface area contributed by atoms with E-state index in [4.69, 9.17) is 0 Å². The van der Waals surface area contributed by atoms with Crippen LogP contribution in [-0.4, -0.2) is 45.8 Å². The van der Waals surface area contributed by atoms with Gasteiger partial charge in [-0.25, -0.2) is 4.37 Å². The second kappa shape index (κ2) is 6.37. The molecule has 1 aromatic carbocycles. The first-order chi connectivity index (χ1) is 10.2. The number of carbonyl (C=O) groups excluding carboxylic acids is 1. The lowest BCUT2D eigenvalue weighted by Gasteiger charge is -2.39. The van der Waals surface area contributed by atoms with Crippen molar-refractivity contribution in [2.75, 3.05) is 19.6 Å². The molecule has 5 heteroatoms. The fourth-order valence-electron chi connectivity index (χ4n) is 2.71. The van der Waals surface area contributed by atoms with Gasteiger partial charge in [0, 0.05) is 38.4 Å². The van der Waals surface area contributed by atoms with Crippen molar-refractivity contribution in [2.45, 2.75) is 19.5 Å². The topological polar surface area (TPSA) is 36.4 Å². The summed E-state index contributed by atoms with van der Waals surface area (Å²) in [7, 11) is 0. The van der Waals surface area contributed by atoms with E-state index in [2.05, 4.69) is 40.5 Å². The number of rotatable bonds is 3. The van der Waals surface area contributed by atoms with Crippen LogP contribution >= 0.6 is 11.5 Å². The number of piperazine rings is 1. The normalized spacial score (nSPS) is 19.7. The Bertz CT molecular complexity index is 585. The lowest BCUT2D eigenvalue weighted by Crippen LogP contribution is -2.53. The highest BCUT2D eigenvalue weighted by Crippen LogP contribution is 2.17. The van der Waals surface area contributed by atoms with Crippen LogP contribution in [0, 0.1) is 0 Å². The van der Waals surface area contributed by atoms with E-state index in [0.717, 1.165) is 31.1 Å². The standard InChI is InChI=1S/C16H19N3OS/c1-13-11-19(16(20)15-7-8-17-21-15)10-9-18(13)12-14-5-3-2-4-6-14/h2-8,13H,9-12H2,1H3. The average molecular weight is 301 g/mol. The van der Waals surface area contributed by atoms with Crippen molar-refractivity contribution < 1.29 is 4.79 Å². The molecule has 3 rings (SSSR count). The molecule has 1 fully saturated rings. The van der Waals surface area contributed by atoms with E-state index in [1.807, 2.05) is 11.0 Å². The second-order valence-corrected chi connectivity index (χ2v) is 6.27. The molecule has 0 spiro atoms. The molecule has 0 saturated carbocycles. The summed E-state index contributed by atoms with van der Waals surface area (Å²) in [6, 6.07) is 12.7. The third-order valence-corrected chi connectivity index (χ3v) is 4.66. The third kappa shape index (κ3) is 3.31. The Morgan fingerprint density at radius 3 is 2.76 bits per heavy atom. The van der Waals surface area contributed by atoms with E-state index < -0.39 is 0 Å². The maximum absolute atomic E-state index is 12.3. The van der Waals surface area contributed by atoms with E-state index in [0.29, 0.717) is 6.04 Å². The zero-order chi connectivity index (χ0) is 14.7. The monoisotopic (exact) mass is 301 g/mol. The molecule has 2 aromatic rings. The van der Waals surface area contributed by atoms with Crippen LogP contribution in [0.5, 0.6) is 0 Å². The van der Waals surface area contributed by atoms with Crippen LogP contribution in [0.25, 0.3) is 0 Å². The maximum atomic E-state index is 12.3. The zero-order valence-corrected chi connectivity index (χ0v) is 12.9. The molecule has 1 aliphatic heterocycles. The van der Waals surface area contributed by atoms with Crippen LogP contribution in [-0.2, 0) is 6.54 Å². The molecular formula is C16H19N3OS. The Balaban J connectivity index is 1.60. The van der Waals surface area contributed by atoms with Crippen molar-refractivity contribution in [2.24, 2.45) is 0 Å². The van der Waals surface area contributed by atoms with Gasteiger partial charge in [-0.15, -0.1) is 0 Å². The molecule has 1 atom stereocenters. The molecule has 1 amide bonds. The molecule has 4 nitrogen and oxygen atoms in total. The third-order valence-electron chi connectivity index (χ3n) is 3.93. The van der Waals surface area contributed by atoms with Gasteiger partial charge in [-0.1, -0.05) is 30.3 Å². The number of hydrogen-bond acceptors (Lipinski definition) is 4. The fraction of sp³-hybridized carbons (Fsp3) is 0.375. The first kappa shape index (κ1) is 14.2. The predicted molar refractivity (Wildman–Crippen MR) is 84.3 cm³/mol. The van der Waals surface area contributed by atoms with Gasteiger partial charge in [-0.3, -0.25) is 9.69 Å². The highest BCUT2D eigenvalue weighted by atomic mass is 32.1. The summed E-state index contributed by atoms with van der Waals surface area (Å²) >= 11 is 1.27. The lowest BCUT2D eigenvalue weighted by molar-refractivity contribution is 0.0499. The first-order valence-electron chi connectivity index (χ1n) is 7.22. The number of nitrogens with zero attached hydrogens (tertiary/aromatic N) is 3. The smallest absolute Gasteiger partial charge is 0.265 e. The summed E-state index contributed by atoms with van der Waals surface area (Å²) in [5.41, 5.74) is 1.33. The number of hydrogen-bond donors (Lipinski definition) is 0. The highest BCUT2D eigenvalue weighted by molar-refractivity contribution is 7.08. The second-order valence-electron chi connectivity index (χ2n) is 5.43. The summed E-state index contributed by atoms with van der Waals surface area (Å²) in [5, 5.41) is 0. The Morgan fingerprint density at radius 2 is 2.10 bits per heavy atom. The zero-order valence-electron chi connectivity index (χ0n) is 12.1. The number of aromatic nitrogens is 1. The summed E-state index contributed by atoms with van der Waals surface area (Å²) < 4.78 is 4.01. The van der Waals surface area contributed by atoms with E-state index in [1.54, 1.807) is 12.3 Å². The van der Waals surface area contributed by atoms with Crippen LogP contribution in [0.4, 0.5) is 0 Å². The highest BCUT2D eigenvalue weighted by Gasteiger charge is 2.27.